The van der Waals surface area contributed by atoms with Gasteiger partial charge in [-0.25, -0.2) is 0 Å². The second kappa shape index (κ2) is 6.27. The second-order valence-corrected chi connectivity index (χ2v) is 7.65. The molecule has 1 heterocycles. The molecule has 0 aromatic heterocycles. The molecule has 0 spiro atoms. The molecule has 1 aliphatic heterocycles. The van der Waals surface area contributed by atoms with Crippen LogP contribution in [0.5, 0.6) is 0 Å². The summed E-state index contributed by atoms with van der Waals surface area (Å²) in [7, 11) is 0. The van der Waals surface area contributed by atoms with Crippen LogP contribution in [-0.4, -0.2) is 30.3 Å². The Morgan fingerprint density at radius 1 is 1.33 bits per heavy atom. The highest BCUT2D eigenvalue weighted by Crippen LogP contribution is 2.41. The molecule has 0 bridgehead atoms. The van der Waals surface area contributed by atoms with E-state index in [0.29, 0.717) is 17.9 Å². The minimum Gasteiger partial charge on any atom is -0.393 e. The maximum atomic E-state index is 10.1. The zero-order valence-electron chi connectivity index (χ0n) is 12.8. The molecule has 2 N–H and O–H groups in total. The van der Waals surface area contributed by atoms with Crippen LogP contribution in [0.25, 0.3) is 0 Å². The van der Waals surface area contributed by atoms with Gasteiger partial charge < -0.3 is 15.3 Å². The number of aliphatic hydroxyl groups excluding tert-OH is 1. The average molecular weight is 353 g/mol. The minimum absolute atomic E-state index is 0.0895. The van der Waals surface area contributed by atoms with E-state index in [4.69, 9.17) is 0 Å². The molecule has 1 saturated carbocycles. The molecule has 1 aliphatic carbocycles. The van der Waals surface area contributed by atoms with Crippen molar-refractivity contribution in [1.29, 1.82) is 0 Å². The maximum Gasteiger partial charge on any atom is 0.0588 e. The maximum absolute atomic E-state index is 10.1. The van der Waals surface area contributed by atoms with Crippen molar-refractivity contribution in [2.75, 3.05) is 18.0 Å². The van der Waals surface area contributed by atoms with E-state index in [0.717, 1.165) is 26.1 Å². The number of aliphatic hydroxyl groups is 1. The number of rotatable bonds is 4. The van der Waals surface area contributed by atoms with E-state index in [1.165, 1.54) is 22.1 Å². The van der Waals surface area contributed by atoms with Crippen LogP contribution in [0.2, 0.25) is 0 Å². The predicted octanol–water partition coefficient (Wildman–Crippen LogP) is 3.15. The third kappa shape index (κ3) is 3.27. The molecule has 2 fully saturated rings. The summed E-state index contributed by atoms with van der Waals surface area (Å²) in [5, 5.41) is 13.5. The minimum atomic E-state index is -0.0895. The molecule has 1 aromatic carbocycles. The number of fused-ring (bicyclic) bond motifs is 1. The van der Waals surface area contributed by atoms with Gasteiger partial charge in [0.25, 0.3) is 0 Å². The Morgan fingerprint density at radius 2 is 2.14 bits per heavy atom. The average Bonchev–Trinajstić information content (AvgIpc) is 2.99. The molecule has 21 heavy (non-hydrogen) atoms. The van der Waals surface area contributed by atoms with E-state index in [-0.39, 0.29) is 6.10 Å². The van der Waals surface area contributed by atoms with E-state index in [1.807, 2.05) is 0 Å². The van der Waals surface area contributed by atoms with Gasteiger partial charge in [-0.15, -0.1) is 0 Å². The summed E-state index contributed by atoms with van der Waals surface area (Å²) in [6.07, 6.45) is 2.08. The number of anilines is 1. The first-order valence-corrected chi connectivity index (χ1v) is 8.78. The Balaban J connectivity index is 1.69. The summed E-state index contributed by atoms with van der Waals surface area (Å²) in [6, 6.07) is 7.15. The molecular formula is C17H25BrN2O. The van der Waals surface area contributed by atoms with Crippen molar-refractivity contribution in [2.45, 2.75) is 45.4 Å². The molecular weight excluding hydrogens is 328 g/mol. The fraction of sp³-hybridized carbons (Fsp3) is 0.647. The monoisotopic (exact) mass is 352 g/mol. The molecule has 3 rings (SSSR count). The lowest BCUT2D eigenvalue weighted by Gasteiger charge is -2.22. The Kier molecular flexibility index (Phi) is 4.57. The van der Waals surface area contributed by atoms with Gasteiger partial charge in [-0.1, -0.05) is 19.9 Å². The molecule has 0 radical (unpaired) electrons. The van der Waals surface area contributed by atoms with Gasteiger partial charge >= 0.3 is 0 Å². The number of halogens is 1. The van der Waals surface area contributed by atoms with Crippen LogP contribution in [0.15, 0.2) is 22.7 Å². The molecule has 1 saturated heterocycles. The Labute approximate surface area is 135 Å². The van der Waals surface area contributed by atoms with Crippen molar-refractivity contribution in [3.05, 3.63) is 28.2 Å². The lowest BCUT2D eigenvalue weighted by atomic mass is 10.00. The van der Waals surface area contributed by atoms with E-state index in [9.17, 15) is 5.11 Å². The first kappa shape index (κ1) is 15.3. The number of nitrogens with zero attached hydrogens (tertiary/aromatic N) is 1. The van der Waals surface area contributed by atoms with Gasteiger partial charge in [-0.2, -0.15) is 0 Å². The summed E-state index contributed by atoms with van der Waals surface area (Å²) in [5.74, 6) is 1.15. The van der Waals surface area contributed by atoms with Gasteiger partial charge in [0.2, 0.25) is 0 Å². The lowest BCUT2D eigenvalue weighted by molar-refractivity contribution is 0.133. The van der Waals surface area contributed by atoms with E-state index >= 15 is 0 Å². The third-order valence-electron chi connectivity index (χ3n) is 4.89. The van der Waals surface area contributed by atoms with Crippen LogP contribution in [-0.2, 0) is 6.54 Å². The van der Waals surface area contributed by atoms with Gasteiger partial charge in [-0.05, 0) is 52.4 Å². The van der Waals surface area contributed by atoms with E-state index in [2.05, 4.69) is 58.2 Å². The molecule has 3 atom stereocenters. The zero-order valence-corrected chi connectivity index (χ0v) is 14.4. The summed E-state index contributed by atoms with van der Waals surface area (Å²) >= 11 is 3.73. The number of nitrogens with one attached hydrogen (secondary N) is 1. The lowest BCUT2D eigenvalue weighted by Crippen LogP contribution is -2.25. The van der Waals surface area contributed by atoms with Crippen LogP contribution >= 0.6 is 15.9 Å². The van der Waals surface area contributed by atoms with Crippen molar-refractivity contribution in [1.82, 2.24) is 5.32 Å². The molecule has 2 aliphatic rings. The first-order valence-electron chi connectivity index (χ1n) is 7.99. The number of hydrogen-bond donors (Lipinski definition) is 2. The number of benzene rings is 1. The van der Waals surface area contributed by atoms with Gasteiger partial charge in [0.1, 0.15) is 0 Å². The largest absolute Gasteiger partial charge is 0.393 e. The Morgan fingerprint density at radius 3 is 2.81 bits per heavy atom. The van der Waals surface area contributed by atoms with Crippen LogP contribution in [0, 0.1) is 11.8 Å². The fourth-order valence-electron chi connectivity index (χ4n) is 3.67. The zero-order chi connectivity index (χ0) is 15.0. The smallest absolute Gasteiger partial charge is 0.0588 e. The van der Waals surface area contributed by atoms with Crippen LogP contribution in [0.3, 0.4) is 0 Å². The SMILES string of the molecule is CC(C)NCc1ccc(N2CC3CCC(O)C3C2)c(Br)c1. The molecule has 3 unspecified atom stereocenters. The molecule has 0 amide bonds. The topological polar surface area (TPSA) is 35.5 Å². The highest BCUT2D eigenvalue weighted by molar-refractivity contribution is 9.10. The third-order valence-corrected chi connectivity index (χ3v) is 5.52. The van der Waals surface area contributed by atoms with Crippen LogP contribution in [0.4, 0.5) is 5.69 Å². The van der Waals surface area contributed by atoms with Crippen molar-refractivity contribution in [2.24, 2.45) is 11.8 Å². The van der Waals surface area contributed by atoms with Gasteiger partial charge in [-0.3, -0.25) is 0 Å². The van der Waals surface area contributed by atoms with Crippen molar-refractivity contribution in [3.8, 4) is 0 Å². The van der Waals surface area contributed by atoms with E-state index < -0.39 is 0 Å². The van der Waals surface area contributed by atoms with Gasteiger partial charge in [0, 0.05) is 36.1 Å². The second-order valence-electron chi connectivity index (χ2n) is 6.79. The van der Waals surface area contributed by atoms with Crippen LogP contribution in [0.1, 0.15) is 32.3 Å². The highest BCUT2D eigenvalue weighted by Gasteiger charge is 2.42. The molecule has 4 heteroatoms. The number of hydrogen-bond acceptors (Lipinski definition) is 3. The summed E-state index contributed by atoms with van der Waals surface area (Å²) in [4.78, 5) is 2.43. The Bertz CT molecular complexity index is 506. The standard InChI is InChI=1S/C17H25BrN2O/c1-11(2)19-8-12-3-5-16(15(18)7-12)20-9-13-4-6-17(21)14(13)10-20/h3,5,7,11,13-14,17,19,21H,4,6,8-10H2,1-2H3. The van der Waals surface area contributed by atoms with Crippen molar-refractivity contribution < 1.29 is 5.11 Å². The normalized spacial score (nSPS) is 28.4. The molecule has 3 nitrogen and oxygen atoms in total. The van der Waals surface area contributed by atoms with Crippen LogP contribution < -0.4 is 10.2 Å². The quantitative estimate of drug-likeness (QED) is 0.873. The van der Waals surface area contributed by atoms with Crippen molar-refractivity contribution in [3.63, 3.8) is 0 Å². The molecule has 116 valence electrons. The highest BCUT2D eigenvalue weighted by atomic mass is 79.9. The summed E-state index contributed by atoms with van der Waals surface area (Å²) in [6.45, 7) is 7.31. The van der Waals surface area contributed by atoms with Gasteiger partial charge in [0.15, 0.2) is 0 Å². The van der Waals surface area contributed by atoms with E-state index in [1.54, 1.807) is 0 Å². The van der Waals surface area contributed by atoms with Crippen molar-refractivity contribution >= 4 is 21.6 Å². The fourth-order valence-corrected chi connectivity index (χ4v) is 4.35. The predicted molar refractivity (Wildman–Crippen MR) is 90.6 cm³/mol. The summed E-state index contributed by atoms with van der Waals surface area (Å²) in [5.41, 5.74) is 2.57. The Hall–Kier alpha value is -0.580. The molecule has 1 aromatic rings. The summed E-state index contributed by atoms with van der Waals surface area (Å²) < 4.78 is 1.17. The van der Waals surface area contributed by atoms with Gasteiger partial charge in [0.05, 0.1) is 11.8 Å². The first-order chi connectivity index (χ1) is 10.0.